The Labute approximate surface area is 152 Å². The Kier molecular flexibility index (Phi) is 6.42. The molecule has 0 bridgehead atoms. The fraction of sp³-hybridized carbons (Fsp3) is 0.636. The monoisotopic (exact) mass is 344 g/mol. The maximum Gasteiger partial charge on any atom is 0.302 e. The van der Waals surface area contributed by atoms with Crippen LogP contribution in [-0.2, 0) is 14.3 Å². The predicted octanol–water partition coefficient (Wildman–Crippen LogP) is 5.32. The predicted molar refractivity (Wildman–Crippen MR) is 101 cm³/mol. The Balaban J connectivity index is 2.32. The highest BCUT2D eigenvalue weighted by atomic mass is 16.5. The Morgan fingerprint density at radius 1 is 1.24 bits per heavy atom. The largest absolute Gasteiger partial charge is 0.461 e. The third kappa shape index (κ3) is 4.93. The third-order valence-corrected chi connectivity index (χ3v) is 5.70. The van der Waals surface area contributed by atoms with Crippen LogP contribution in [0.3, 0.4) is 0 Å². The van der Waals surface area contributed by atoms with E-state index in [1.165, 1.54) is 18.1 Å². The molecule has 0 aromatic heterocycles. The first kappa shape index (κ1) is 19.7. The molecule has 2 aliphatic carbocycles. The number of ether oxygens (including phenoxy) is 1. The lowest BCUT2D eigenvalue weighted by Crippen LogP contribution is -2.23. The molecule has 3 heteroatoms. The number of ketones is 1. The number of hydrogen-bond donors (Lipinski definition) is 0. The van der Waals surface area contributed by atoms with E-state index in [0.717, 1.165) is 43.3 Å². The number of rotatable bonds is 2. The zero-order chi connectivity index (χ0) is 18.6. The summed E-state index contributed by atoms with van der Waals surface area (Å²) in [6.45, 7) is 10.4. The number of hydrogen-bond acceptors (Lipinski definition) is 3. The highest BCUT2D eigenvalue weighted by Crippen LogP contribution is 2.51. The number of carbonyl (C=O) groups excluding carboxylic acids is 2. The topological polar surface area (TPSA) is 43.4 Å². The molecule has 0 N–H and O–H groups in total. The molecular weight excluding hydrogens is 312 g/mol. The van der Waals surface area contributed by atoms with Crippen LogP contribution in [0.15, 0.2) is 34.4 Å². The van der Waals surface area contributed by atoms with Crippen molar-refractivity contribution in [3.8, 4) is 0 Å². The van der Waals surface area contributed by atoms with E-state index in [2.05, 4.69) is 39.8 Å². The van der Waals surface area contributed by atoms with Crippen molar-refractivity contribution < 1.29 is 14.3 Å². The van der Waals surface area contributed by atoms with E-state index in [-0.39, 0.29) is 17.3 Å². The van der Waals surface area contributed by atoms with Crippen molar-refractivity contribution in [1.82, 2.24) is 0 Å². The van der Waals surface area contributed by atoms with Gasteiger partial charge in [0.05, 0.1) is 0 Å². The minimum Gasteiger partial charge on any atom is -0.461 e. The Morgan fingerprint density at radius 2 is 1.96 bits per heavy atom. The fourth-order valence-electron chi connectivity index (χ4n) is 4.23. The van der Waals surface area contributed by atoms with Crippen LogP contribution in [0.4, 0.5) is 0 Å². The summed E-state index contributed by atoms with van der Waals surface area (Å²) in [5, 5.41) is 0. The van der Waals surface area contributed by atoms with E-state index in [1.54, 1.807) is 0 Å². The van der Waals surface area contributed by atoms with Crippen molar-refractivity contribution in [3.63, 3.8) is 0 Å². The normalized spacial score (nSPS) is 32.0. The van der Waals surface area contributed by atoms with Crippen molar-refractivity contribution in [2.75, 3.05) is 6.61 Å². The zero-order valence-electron chi connectivity index (χ0n) is 16.4. The van der Waals surface area contributed by atoms with Gasteiger partial charge in [-0.3, -0.25) is 9.59 Å². The second kappa shape index (κ2) is 8.16. The van der Waals surface area contributed by atoms with Gasteiger partial charge in [0, 0.05) is 13.3 Å². The molecule has 2 aliphatic rings. The average Bonchev–Trinajstić information content (AvgIpc) is 2.76. The molecule has 138 valence electrons. The van der Waals surface area contributed by atoms with Crippen LogP contribution in [0.2, 0.25) is 0 Å². The molecule has 0 aliphatic heterocycles. The van der Waals surface area contributed by atoms with Crippen LogP contribution in [0.1, 0.15) is 73.1 Å². The lowest BCUT2D eigenvalue weighted by atomic mass is 9.72. The summed E-state index contributed by atoms with van der Waals surface area (Å²) in [6, 6.07) is 0. The Bertz CT molecular complexity index is 632. The van der Waals surface area contributed by atoms with E-state index >= 15 is 0 Å². The van der Waals surface area contributed by atoms with Crippen molar-refractivity contribution >= 4 is 11.8 Å². The SMILES string of the molecule is CC(=O)OC/C1=C\CC/C(C)=C/C[C@]2(C)CC(=O)C(=C(C)C)[C@H]2CC1. The number of fused-ring (bicyclic) bond motifs is 1. The van der Waals surface area contributed by atoms with E-state index in [4.69, 9.17) is 4.74 Å². The second-order valence-electron chi connectivity index (χ2n) is 8.19. The molecule has 3 nitrogen and oxygen atoms in total. The quantitative estimate of drug-likeness (QED) is 0.387. The van der Waals surface area contributed by atoms with Gasteiger partial charge in [0.2, 0.25) is 0 Å². The van der Waals surface area contributed by atoms with Gasteiger partial charge in [-0.25, -0.2) is 0 Å². The number of esters is 1. The molecule has 1 saturated carbocycles. The summed E-state index contributed by atoms with van der Waals surface area (Å²) < 4.78 is 5.24. The molecule has 2 atom stereocenters. The van der Waals surface area contributed by atoms with Crippen LogP contribution in [0.5, 0.6) is 0 Å². The summed E-state index contributed by atoms with van der Waals surface area (Å²) in [4.78, 5) is 23.8. The first-order valence-electron chi connectivity index (χ1n) is 9.40. The summed E-state index contributed by atoms with van der Waals surface area (Å²) in [5.74, 6) is 0.367. The van der Waals surface area contributed by atoms with E-state index in [0.29, 0.717) is 18.8 Å². The molecule has 0 saturated heterocycles. The lowest BCUT2D eigenvalue weighted by molar-refractivity contribution is -0.140. The average molecular weight is 344 g/mol. The van der Waals surface area contributed by atoms with Gasteiger partial charge in [-0.15, -0.1) is 0 Å². The molecule has 0 spiro atoms. The molecule has 0 heterocycles. The van der Waals surface area contributed by atoms with Crippen molar-refractivity contribution in [1.29, 1.82) is 0 Å². The van der Waals surface area contributed by atoms with Gasteiger partial charge in [-0.2, -0.15) is 0 Å². The van der Waals surface area contributed by atoms with E-state index in [1.807, 2.05) is 0 Å². The lowest BCUT2D eigenvalue weighted by Gasteiger charge is -2.31. The third-order valence-electron chi connectivity index (χ3n) is 5.70. The van der Waals surface area contributed by atoms with Crippen LogP contribution < -0.4 is 0 Å². The minimum absolute atomic E-state index is 0.00182. The first-order valence-corrected chi connectivity index (χ1v) is 9.40. The van der Waals surface area contributed by atoms with Crippen LogP contribution >= 0.6 is 0 Å². The molecule has 0 radical (unpaired) electrons. The Morgan fingerprint density at radius 3 is 2.60 bits per heavy atom. The molecule has 2 rings (SSSR count). The van der Waals surface area contributed by atoms with Crippen LogP contribution in [0, 0.1) is 11.3 Å². The van der Waals surface area contributed by atoms with Gasteiger partial charge in [-0.1, -0.05) is 30.2 Å². The van der Waals surface area contributed by atoms with Gasteiger partial charge in [-0.05, 0) is 75.4 Å². The van der Waals surface area contributed by atoms with Gasteiger partial charge < -0.3 is 4.74 Å². The van der Waals surface area contributed by atoms with E-state index < -0.39 is 0 Å². The summed E-state index contributed by atoms with van der Waals surface area (Å²) in [6.07, 6.45) is 10.00. The molecule has 0 unspecified atom stereocenters. The zero-order valence-corrected chi connectivity index (χ0v) is 16.4. The maximum absolute atomic E-state index is 12.7. The molecule has 0 aromatic carbocycles. The molecule has 25 heavy (non-hydrogen) atoms. The van der Waals surface area contributed by atoms with Gasteiger partial charge in [0.25, 0.3) is 0 Å². The van der Waals surface area contributed by atoms with Gasteiger partial charge >= 0.3 is 5.97 Å². The van der Waals surface area contributed by atoms with Crippen LogP contribution in [0.25, 0.3) is 0 Å². The summed E-state index contributed by atoms with van der Waals surface area (Å²) in [5.41, 5.74) is 4.75. The maximum atomic E-state index is 12.7. The molecule has 0 amide bonds. The molecule has 1 fully saturated rings. The van der Waals surface area contributed by atoms with Crippen molar-refractivity contribution in [2.24, 2.45) is 11.3 Å². The standard InChI is InChI=1S/C22H32O3/c1-15(2)21-19-10-9-18(14-25-17(4)23)8-6-7-16(3)11-12-22(19,5)13-20(21)24/h8,11,19H,6-7,9-10,12-14H2,1-5H3/b16-11+,18-8-/t19-,22-/m1/s1. The number of Topliss-reactive ketones (excluding diaryl/α,β-unsaturated/α-hetero) is 1. The smallest absolute Gasteiger partial charge is 0.302 e. The van der Waals surface area contributed by atoms with E-state index in [9.17, 15) is 9.59 Å². The number of carbonyl (C=O) groups is 2. The van der Waals surface area contributed by atoms with Gasteiger partial charge in [0.15, 0.2) is 5.78 Å². The first-order chi connectivity index (χ1) is 11.7. The van der Waals surface area contributed by atoms with Crippen LogP contribution in [-0.4, -0.2) is 18.4 Å². The van der Waals surface area contributed by atoms with Crippen molar-refractivity contribution in [3.05, 3.63) is 34.4 Å². The summed E-state index contributed by atoms with van der Waals surface area (Å²) >= 11 is 0. The fourth-order valence-corrected chi connectivity index (χ4v) is 4.23. The highest BCUT2D eigenvalue weighted by molar-refractivity contribution is 5.99. The Hall–Kier alpha value is -1.64. The van der Waals surface area contributed by atoms with Crippen molar-refractivity contribution in [2.45, 2.75) is 73.1 Å². The number of allylic oxidation sites excluding steroid dienone is 5. The summed E-state index contributed by atoms with van der Waals surface area (Å²) in [7, 11) is 0. The highest BCUT2D eigenvalue weighted by Gasteiger charge is 2.46. The molecular formula is C22H32O3. The molecule has 0 aromatic rings. The second-order valence-corrected chi connectivity index (χ2v) is 8.19. The van der Waals surface area contributed by atoms with Gasteiger partial charge in [0.1, 0.15) is 6.61 Å². The minimum atomic E-state index is -0.239.